The van der Waals surface area contributed by atoms with Crippen LogP contribution < -0.4 is 0 Å². The van der Waals surface area contributed by atoms with Gasteiger partial charge in [0.1, 0.15) is 56.3 Å². The molecule has 112 valence electrons. The molecule has 0 amide bonds. The lowest BCUT2D eigenvalue weighted by Gasteiger charge is -2.28. The summed E-state index contributed by atoms with van der Waals surface area (Å²) in [5, 5.41) is 0. The summed E-state index contributed by atoms with van der Waals surface area (Å²) in [7, 11) is 0. The van der Waals surface area contributed by atoms with Crippen molar-refractivity contribution in [3.05, 3.63) is 0 Å². The second-order valence-corrected chi connectivity index (χ2v) is 4.06. The summed E-state index contributed by atoms with van der Waals surface area (Å²) in [6.45, 7) is 7.81. The lowest BCUT2D eigenvalue weighted by molar-refractivity contribution is -0.0329. The summed E-state index contributed by atoms with van der Waals surface area (Å²) in [5.41, 5.74) is -0.596. The van der Waals surface area contributed by atoms with E-state index in [2.05, 4.69) is 48.1 Å². The average Bonchev–Trinajstić information content (AvgIpc) is 2.48. The van der Waals surface area contributed by atoms with Crippen molar-refractivity contribution in [2.45, 2.75) is 27.7 Å². The van der Waals surface area contributed by atoms with Crippen LogP contribution in [-0.4, -0.2) is 26.4 Å². The van der Waals surface area contributed by atoms with E-state index < -0.39 is 5.41 Å². The van der Waals surface area contributed by atoms with Crippen LogP contribution in [0.1, 0.15) is 27.7 Å². The Morgan fingerprint density at radius 2 is 0.762 bits per heavy atom. The molecule has 4 nitrogen and oxygen atoms in total. The monoisotopic (exact) mass is 288 g/mol. The van der Waals surface area contributed by atoms with Gasteiger partial charge in [-0.25, -0.2) is 0 Å². The predicted molar refractivity (Wildman–Crippen MR) is 80.0 cm³/mol. The molecule has 0 heterocycles. The molecule has 0 N–H and O–H groups in total. The maximum atomic E-state index is 5.29. The van der Waals surface area contributed by atoms with Gasteiger partial charge in [0.15, 0.2) is 0 Å². The molecular weight excluding hydrogens is 268 g/mol. The maximum absolute atomic E-state index is 5.29. The lowest BCUT2D eigenvalue weighted by Crippen LogP contribution is -2.40. The summed E-state index contributed by atoms with van der Waals surface area (Å²) in [6, 6.07) is 0. The van der Waals surface area contributed by atoms with Crippen LogP contribution in [0.5, 0.6) is 0 Å². The van der Waals surface area contributed by atoms with E-state index in [0.717, 1.165) is 0 Å². The van der Waals surface area contributed by atoms with E-state index in [1.54, 1.807) is 27.7 Å². The molecule has 0 aliphatic carbocycles. The minimum atomic E-state index is -0.596. The second kappa shape index (κ2) is 12.5. The fraction of sp³-hybridized carbons (Fsp3) is 0.529. The van der Waals surface area contributed by atoms with Crippen LogP contribution >= 0.6 is 0 Å². The van der Waals surface area contributed by atoms with E-state index in [9.17, 15) is 0 Å². The Morgan fingerprint density at radius 1 is 0.524 bits per heavy atom. The first-order valence-electron chi connectivity index (χ1n) is 6.39. The smallest absolute Gasteiger partial charge is 0.116 e. The van der Waals surface area contributed by atoms with Crippen molar-refractivity contribution in [1.29, 1.82) is 0 Å². The highest BCUT2D eigenvalue weighted by atomic mass is 16.5. The molecule has 0 aliphatic heterocycles. The van der Waals surface area contributed by atoms with Gasteiger partial charge in [-0.15, -0.1) is 0 Å². The van der Waals surface area contributed by atoms with Crippen molar-refractivity contribution < 1.29 is 18.9 Å². The van der Waals surface area contributed by atoms with E-state index in [4.69, 9.17) is 18.9 Å². The van der Waals surface area contributed by atoms with Crippen molar-refractivity contribution in [2.75, 3.05) is 26.4 Å². The lowest BCUT2D eigenvalue weighted by atomic mass is 9.92. The maximum Gasteiger partial charge on any atom is 0.116 e. The van der Waals surface area contributed by atoms with Gasteiger partial charge >= 0.3 is 0 Å². The van der Waals surface area contributed by atoms with Crippen molar-refractivity contribution >= 4 is 0 Å². The molecule has 0 rings (SSSR count). The molecule has 0 fully saturated rings. The number of hydrogen-bond donors (Lipinski definition) is 0. The molecule has 21 heavy (non-hydrogen) atoms. The zero-order chi connectivity index (χ0) is 15.8. The van der Waals surface area contributed by atoms with Crippen LogP contribution in [0, 0.1) is 53.5 Å². The Bertz CT molecular complexity index is 419. The van der Waals surface area contributed by atoms with Gasteiger partial charge in [-0.05, 0) is 0 Å². The van der Waals surface area contributed by atoms with Gasteiger partial charge in [0.2, 0.25) is 0 Å². The van der Waals surface area contributed by atoms with Gasteiger partial charge in [-0.3, -0.25) is 0 Å². The molecular formula is C17H20O4. The molecule has 0 unspecified atom stereocenters. The molecule has 0 aromatic rings. The Kier molecular flexibility index (Phi) is 11.0. The van der Waals surface area contributed by atoms with Gasteiger partial charge in [-0.2, -0.15) is 0 Å². The standard InChI is InChI=1S/C17H20O4/c1-5-9-18-13-17(14-19-10-6-2,15-20-11-7-3)16-21-12-8-4/h13-16H2,1-4H3. The first kappa shape index (κ1) is 18.4. The SMILES string of the molecule is CC#COCC(COC#CC)(COC#CC)COC#CC. The molecule has 0 saturated carbocycles. The molecule has 0 saturated heterocycles. The summed E-state index contributed by atoms with van der Waals surface area (Å²) in [4.78, 5) is 0. The molecule has 0 bridgehead atoms. The quantitative estimate of drug-likeness (QED) is 0.640. The molecule has 0 aromatic heterocycles. The van der Waals surface area contributed by atoms with Crippen LogP contribution in [0.15, 0.2) is 0 Å². The van der Waals surface area contributed by atoms with Crippen molar-refractivity contribution in [3.8, 4) is 48.1 Å². The molecule has 0 spiro atoms. The third-order valence-electron chi connectivity index (χ3n) is 2.21. The first-order chi connectivity index (χ1) is 10.2. The average molecular weight is 288 g/mol. The van der Waals surface area contributed by atoms with Crippen molar-refractivity contribution in [3.63, 3.8) is 0 Å². The van der Waals surface area contributed by atoms with Gasteiger partial charge in [-0.1, -0.05) is 23.7 Å². The van der Waals surface area contributed by atoms with Crippen molar-refractivity contribution in [1.82, 2.24) is 0 Å². The van der Waals surface area contributed by atoms with Crippen LogP contribution in [0.25, 0.3) is 0 Å². The largest absolute Gasteiger partial charge is 0.446 e. The normalized spacial score (nSPS) is 8.19. The molecule has 4 heteroatoms. The fourth-order valence-electron chi connectivity index (χ4n) is 1.30. The topological polar surface area (TPSA) is 36.9 Å². The van der Waals surface area contributed by atoms with Gasteiger partial charge in [0.05, 0.1) is 0 Å². The van der Waals surface area contributed by atoms with Gasteiger partial charge in [0, 0.05) is 27.7 Å². The van der Waals surface area contributed by atoms with Crippen LogP contribution in [0.3, 0.4) is 0 Å². The zero-order valence-corrected chi connectivity index (χ0v) is 13.0. The minimum absolute atomic E-state index is 0.260. The van der Waals surface area contributed by atoms with E-state index in [1.165, 1.54) is 0 Å². The Labute approximate surface area is 127 Å². The van der Waals surface area contributed by atoms with Crippen LogP contribution in [-0.2, 0) is 18.9 Å². The van der Waals surface area contributed by atoms with E-state index >= 15 is 0 Å². The van der Waals surface area contributed by atoms with E-state index in [-0.39, 0.29) is 26.4 Å². The third-order valence-corrected chi connectivity index (χ3v) is 2.21. The van der Waals surface area contributed by atoms with Gasteiger partial charge < -0.3 is 18.9 Å². The van der Waals surface area contributed by atoms with Crippen LogP contribution in [0.4, 0.5) is 0 Å². The zero-order valence-electron chi connectivity index (χ0n) is 13.0. The highest BCUT2D eigenvalue weighted by molar-refractivity contribution is 4.93. The Balaban J connectivity index is 4.95. The predicted octanol–water partition coefficient (Wildman–Crippen LogP) is 1.96. The number of ether oxygens (including phenoxy) is 4. The fourth-order valence-corrected chi connectivity index (χ4v) is 1.30. The summed E-state index contributed by atoms with van der Waals surface area (Å²) in [6.07, 6.45) is 10.2. The molecule has 0 atom stereocenters. The Hall–Kier alpha value is -2.56. The number of hydrogen-bond acceptors (Lipinski definition) is 4. The first-order valence-corrected chi connectivity index (χ1v) is 6.39. The van der Waals surface area contributed by atoms with Crippen LogP contribution in [0.2, 0.25) is 0 Å². The summed E-state index contributed by atoms with van der Waals surface area (Å²) >= 11 is 0. The van der Waals surface area contributed by atoms with E-state index in [1.807, 2.05) is 0 Å². The van der Waals surface area contributed by atoms with Crippen molar-refractivity contribution in [2.24, 2.45) is 5.41 Å². The van der Waals surface area contributed by atoms with E-state index in [0.29, 0.717) is 0 Å². The third kappa shape index (κ3) is 9.04. The summed E-state index contributed by atoms with van der Waals surface area (Å²) in [5.74, 6) is 10.7. The molecule has 0 aromatic carbocycles. The Morgan fingerprint density at radius 3 is 0.952 bits per heavy atom. The highest BCUT2D eigenvalue weighted by Crippen LogP contribution is 2.20. The van der Waals surface area contributed by atoms with Gasteiger partial charge in [0.25, 0.3) is 0 Å². The highest BCUT2D eigenvalue weighted by Gasteiger charge is 2.35. The number of rotatable bonds is 8. The molecule has 0 aliphatic rings. The second-order valence-electron chi connectivity index (χ2n) is 4.06. The summed E-state index contributed by atoms with van der Waals surface area (Å²) < 4.78 is 21.2. The molecule has 0 radical (unpaired) electrons. The minimum Gasteiger partial charge on any atom is -0.446 e.